The zero-order valence-corrected chi connectivity index (χ0v) is 9.48. The van der Waals surface area contributed by atoms with Gasteiger partial charge in [0.15, 0.2) is 0 Å². The first-order valence-corrected chi connectivity index (χ1v) is 5.41. The van der Waals surface area contributed by atoms with E-state index in [-0.39, 0.29) is 0 Å². The zero-order valence-electron chi connectivity index (χ0n) is 8.66. The molecule has 0 aromatic carbocycles. The van der Waals surface area contributed by atoms with Crippen molar-refractivity contribution >= 4 is 16.7 Å². The lowest BCUT2D eigenvalue weighted by Gasteiger charge is -2.14. The largest absolute Gasteiger partial charge is 0.360 e. The smallest absolute Gasteiger partial charge is 0.202 e. The van der Waals surface area contributed by atoms with Gasteiger partial charge in [0.05, 0.1) is 0 Å². The van der Waals surface area contributed by atoms with Crippen molar-refractivity contribution in [2.75, 3.05) is 11.9 Å². The van der Waals surface area contributed by atoms with Gasteiger partial charge < -0.3 is 5.32 Å². The molecule has 3 nitrogen and oxygen atoms in total. The summed E-state index contributed by atoms with van der Waals surface area (Å²) < 4.78 is 4.11. The van der Waals surface area contributed by atoms with Crippen molar-refractivity contribution < 1.29 is 0 Å². The van der Waals surface area contributed by atoms with E-state index >= 15 is 0 Å². The van der Waals surface area contributed by atoms with Crippen molar-refractivity contribution in [2.24, 2.45) is 11.8 Å². The Kier molecular flexibility index (Phi) is 3.66. The number of aromatic nitrogens is 2. The second-order valence-corrected chi connectivity index (χ2v) is 4.50. The average Bonchev–Trinajstić information content (AvgIpc) is 2.47. The fraction of sp³-hybridized carbons (Fsp3) is 0.778. The molecule has 0 radical (unpaired) electrons. The summed E-state index contributed by atoms with van der Waals surface area (Å²) in [4.78, 5) is 4.24. The average molecular weight is 199 g/mol. The van der Waals surface area contributed by atoms with Crippen LogP contribution in [0.3, 0.4) is 0 Å². The topological polar surface area (TPSA) is 37.8 Å². The highest BCUT2D eigenvalue weighted by molar-refractivity contribution is 7.09. The number of nitrogens with one attached hydrogen (secondary N) is 1. The monoisotopic (exact) mass is 199 g/mol. The van der Waals surface area contributed by atoms with Gasteiger partial charge in [-0.3, -0.25) is 0 Å². The third-order valence-corrected chi connectivity index (χ3v) is 3.00. The fourth-order valence-corrected chi connectivity index (χ4v) is 1.43. The molecular formula is C9H17N3S. The van der Waals surface area contributed by atoms with E-state index in [1.165, 1.54) is 11.5 Å². The number of rotatable bonds is 4. The summed E-state index contributed by atoms with van der Waals surface area (Å²) in [6, 6.07) is 0. The van der Waals surface area contributed by atoms with E-state index in [0.29, 0.717) is 11.8 Å². The first-order valence-electron chi connectivity index (χ1n) is 4.63. The highest BCUT2D eigenvalue weighted by Gasteiger charge is 2.07. The maximum absolute atomic E-state index is 4.24. The molecule has 13 heavy (non-hydrogen) atoms. The fourth-order valence-electron chi connectivity index (χ4n) is 0.853. The minimum atomic E-state index is 0.671. The van der Waals surface area contributed by atoms with Crippen molar-refractivity contribution in [1.29, 1.82) is 0 Å². The molecule has 1 atom stereocenters. The number of aryl methyl sites for hydroxylation is 1. The van der Waals surface area contributed by atoms with Crippen LogP contribution in [-0.2, 0) is 0 Å². The van der Waals surface area contributed by atoms with Gasteiger partial charge in [-0.05, 0) is 18.8 Å². The molecule has 0 fully saturated rings. The van der Waals surface area contributed by atoms with Gasteiger partial charge in [-0.15, -0.1) is 0 Å². The first kappa shape index (κ1) is 10.4. The highest BCUT2D eigenvalue weighted by Crippen LogP contribution is 2.14. The molecule has 0 aliphatic heterocycles. The summed E-state index contributed by atoms with van der Waals surface area (Å²) in [5.41, 5.74) is 0. The minimum absolute atomic E-state index is 0.671. The van der Waals surface area contributed by atoms with Crippen LogP contribution in [0, 0.1) is 18.8 Å². The summed E-state index contributed by atoms with van der Waals surface area (Å²) >= 11 is 1.43. The van der Waals surface area contributed by atoms with Gasteiger partial charge in [0.2, 0.25) is 5.13 Å². The van der Waals surface area contributed by atoms with Crippen LogP contribution >= 0.6 is 11.5 Å². The molecule has 1 aromatic rings. The van der Waals surface area contributed by atoms with Crippen molar-refractivity contribution in [3.05, 3.63) is 5.82 Å². The Morgan fingerprint density at radius 1 is 1.38 bits per heavy atom. The lowest BCUT2D eigenvalue weighted by Crippen LogP contribution is -2.16. The lowest BCUT2D eigenvalue weighted by atomic mass is 9.98. The van der Waals surface area contributed by atoms with Gasteiger partial charge in [-0.2, -0.15) is 4.37 Å². The molecule has 0 saturated heterocycles. The van der Waals surface area contributed by atoms with Crippen LogP contribution in [0.5, 0.6) is 0 Å². The minimum Gasteiger partial charge on any atom is -0.360 e. The Hall–Kier alpha value is -0.640. The number of nitrogens with zero attached hydrogens (tertiary/aromatic N) is 2. The van der Waals surface area contributed by atoms with E-state index in [0.717, 1.165) is 17.5 Å². The van der Waals surface area contributed by atoms with E-state index in [1.54, 1.807) is 0 Å². The van der Waals surface area contributed by atoms with Crippen molar-refractivity contribution in [2.45, 2.75) is 27.7 Å². The number of hydrogen-bond acceptors (Lipinski definition) is 4. The molecule has 74 valence electrons. The molecular weight excluding hydrogens is 182 g/mol. The van der Waals surface area contributed by atoms with E-state index < -0.39 is 0 Å². The molecule has 0 bridgehead atoms. The van der Waals surface area contributed by atoms with E-state index in [9.17, 15) is 0 Å². The molecule has 0 saturated carbocycles. The van der Waals surface area contributed by atoms with Gasteiger partial charge in [-0.25, -0.2) is 4.98 Å². The summed E-state index contributed by atoms with van der Waals surface area (Å²) in [7, 11) is 0. The molecule has 1 N–H and O–H groups in total. The molecule has 0 aliphatic rings. The van der Waals surface area contributed by atoms with Crippen molar-refractivity contribution in [3.63, 3.8) is 0 Å². The standard InChI is InChI=1S/C9H17N3S/c1-6(2)7(3)5-10-9-11-8(4)12-13-9/h6-7H,5H2,1-4H3,(H,10,11,12). The van der Waals surface area contributed by atoms with Crippen LogP contribution in [0.1, 0.15) is 26.6 Å². The summed E-state index contributed by atoms with van der Waals surface area (Å²) in [5.74, 6) is 2.23. The van der Waals surface area contributed by atoms with Crippen molar-refractivity contribution in [3.8, 4) is 0 Å². The highest BCUT2D eigenvalue weighted by atomic mass is 32.1. The summed E-state index contributed by atoms with van der Waals surface area (Å²) in [5, 5.41) is 4.23. The van der Waals surface area contributed by atoms with Crippen LogP contribution in [0.2, 0.25) is 0 Å². The SMILES string of the molecule is Cc1nsc(NCC(C)C(C)C)n1. The van der Waals surface area contributed by atoms with E-state index in [4.69, 9.17) is 0 Å². The van der Waals surface area contributed by atoms with Crippen LogP contribution in [0.4, 0.5) is 5.13 Å². The Morgan fingerprint density at radius 2 is 2.08 bits per heavy atom. The summed E-state index contributed by atoms with van der Waals surface area (Å²) in [6.45, 7) is 9.60. The molecule has 1 rings (SSSR count). The lowest BCUT2D eigenvalue weighted by molar-refractivity contribution is 0.439. The van der Waals surface area contributed by atoms with Crippen molar-refractivity contribution in [1.82, 2.24) is 9.36 Å². The zero-order chi connectivity index (χ0) is 9.84. The van der Waals surface area contributed by atoms with Gasteiger partial charge in [0, 0.05) is 18.1 Å². The number of anilines is 1. The normalized spacial score (nSPS) is 13.3. The van der Waals surface area contributed by atoms with Gasteiger partial charge in [-0.1, -0.05) is 20.8 Å². The first-order chi connectivity index (χ1) is 6.09. The maximum atomic E-state index is 4.24. The second-order valence-electron chi connectivity index (χ2n) is 3.75. The maximum Gasteiger partial charge on any atom is 0.202 e. The molecule has 1 heterocycles. The predicted molar refractivity (Wildman–Crippen MR) is 57.1 cm³/mol. The van der Waals surface area contributed by atoms with Gasteiger partial charge in [0.25, 0.3) is 0 Å². The van der Waals surface area contributed by atoms with Crippen LogP contribution < -0.4 is 5.32 Å². The molecule has 1 unspecified atom stereocenters. The van der Waals surface area contributed by atoms with Crippen LogP contribution in [-0.4, -0.2) is 15.9 Å². The van der Waals surface area contributed by atoms with Gasteiger partial charge in [0.1, 0.15) is 5.82 Å². The van der Waals surface area contributed by atoms with Crippen LogP contribution in [0.15, 0.2) is 0 Å². The van der Waals surface area contributed by atoms with E-state index in [2.05, 4.69) is 35.4 Å². The second kappa shape index (κ2) is 4.56. The Bertz CT molecular complexity index is 257. The quantitative estimate of drug-likeness (QED) is 0.809. The Morgan fingerprint density at radius 3 is 2.54 bits per heavy atom. The molecule has 0 aliphatic carbocycles. The predicted octanol–water partition coefficient (Wildman–Crippen LogP) is 2.55. The molecule has 1 aromatic heterocycles. The Balaban J connectivity index is 2.35. The van der Waals surface area contributed by atoms with Crippen LogP contribution in [0.25, 0.3) is 0 Å². The van der Waals surface area contributed by atoms with E-state index in [1.807, 2.05) is 6.92 Å². The third-order valence-electron chi connectivity index (χ3n) is 2.24. The summed E-state index contributed by atoms with van der Waals surface area (Å²) in [6.07, 6.45) is 0. The Labute approximate surface area is 83.8 Å². The number of hydrogen-bond donors (Lipinski definition) is 1. The van der Waals surface area contributed by atoms with Gasteiger partial charge >= 0.3 is 0 Å². The molecule has 0 spiro atoms. The third kappa shape index (κ3) is 3.30. The molecule has 0 amide bonds. The molecule has 4 heteroatoms.